The van der Waals surface area contributed by atoms with Crippen molar-refractivity contribution >= 4 is 16.6 Å². The molecule has 0 bridgehead atoms. The second-order valence-electron chi connectivity index (χ2n) is 7.37. The fraction of sp³-hybridized carbons (Fsp3) is 0.400. The summed E-state index contributed by atoms with van der Waals surface area (Å²) in [6.07, 6.45) is 0.292. The van der Waals surface area contributed by atoms with E-state index < -0.39 is 18.5 Å². The first-order valence-electron chi connectivity index (χ1n) is 9.68. The van der Waals surface area contributed by atoms with Gasteiger partial charge in [-0.2, -0.15) is 4.98 Å². The van der Waals surface area contributed by atoms with Crippen molar-refractivity contribution in [1.29, 1.82) is 0 Å². The van der Waals surface area contributed by atoms with Gasteiger partial charge in [0.25, 0.3) is 12.0 Å². The molecule has 2 aromatic heterocycles. The Kier molecular flexibility index (Phi) is 5.58. The van der Waals surface area contributed by atoms with Gasteiger partial charge in [-0.05, 0) is 24.3 Å². The Morgan fingerprint density at radius 1 is 1.10 bits per heavy atom. The maximum Gasteiger partial charge on any atom is 0.347 e. The van der Waals surface area contributed by atoms with Crippen LogP contribution in [0.4, 0.5) is 14.5 Å². The lowest BCUT2D eigenvalue weighted by Gasteiger charge is -2.36. The van der Waals surface area contributed by atoms with Gasteiger partial charge in [-0.25, -0.2) is 18.6 Å². The molecular formula is C20H22F2N6O2. The van der Waals surface area contributed by atoms with E-state index in [1.165, 1.54) is 10.9 Å². The van der Waals surface area contributed by atoms with Gasteiger partial charge < -0.3 is 9.47 Å². The summed E-state index contributed by atoms with van der Waals surface area (Å²) >= 11 is 0. The Labute approximate surface area is 171 Å². The average Bonchev–Trinajstić information content (AvgIpc) is 2.73. The van der Waals surface area contributed by atoms with Crippen LogP contribution in [0.15, 0.2) is 46.4 Å². The lowest BCUT2D eigenvalue weighted by molar-refractivity contribution is 0.125. The molecule has 1 aliphatic rings. The van der Waals surface area contributed by atoms with E-state index in [-0.39, 0.29) is 5.69 Å². The molecule has 0 unspecified atom stereocenters. The summed E-state index contributed by atoms with van der Waals surface area (Å²) in [5, 5.41) is 0.331. The first kappa shape index (κ1) is 20.1. The Morgan fingerprint density at radius 3 is 2.57 bits per heavy atom. The molecule has 4 rings (SSSR count). The number of rotatable bonds is 5. The Bertz CT molecular complexity index is 1170. The highest BCUT2D eigenvalue weighted by atomic mass is 19.3. The molecule has 158 valence electrons. The van der Waals surface area contributed by atoms with Gasteiger partial charge in [0.1, 0.15) is 0 Å². The zero-order valence-corrected chi connectivity index (χ0v) is 16.5. The Hall–Kier alpha value is -3.14. The number of fused-ring (bicyclic) bond motifs is 1. The van der Waals surface area contributed by atoms with Crippen molar-refractivity contribution < 1.29 is 8.78 Å². The molecule has 3 heterocycles. The third-order valence-corrected chi connectivity index (χ3v) is 5.30. The minimum atomic E-state index is -2.60. The summed E-state index contributed by atoms with van der Waals surface area (Å²) in [5.41, 5.74) is 1.46. The predicted octanol–water partition coefficient (Wildman–Crippen LogP) is 1.08. The van der Waals surface area contributed by atoms with Crippen LogP contribution in [0.2, 0.25) is 0 Å². The SMILES string of the molecule is Cn1ccc(CN2CCN(c3ccc4c(=O)n(CC(F)F)cnc4c3)CC2)nc1=O. The summed E-state index contributed by atoms with van der Waals surface area (Å²) in [6.45, 7) is 3.12. The van der Waals surface area contributed by atoms with E-state index in [1.54, 1.807) is 19.3 Å². The number of hydrogen-bond acceptors (Lipinski definition) is 6. The minimum Gasteiger partial charge on any atom is -0.369 e. The normalized spacial score (nSPS) is 15.3. The van der Waals surface area contributed by atoms with Crippen molar-refractivity contribution in [3.8, 4) is 0 Å². The van der Waals surface area contributed by atoms with E-state index in [0.29, 0.717) is 17.4 Å². The van der Waals surface area contributed by atoms with Crippen molar-refractivity contribution in [2.75, 3.05) is 31.1 Å². The van der Waals surface area contributed by atoms with Gasteiger partial charge in [-0.3, -0.25) is 14.3 Å². The molecule has 1 saturated heterocycles. The highest BCUT2D eigenvalue weighted by Crippen LogP contribution is 2.21. The first-order chi connectivity index (χ1) is 14.4. The second-order valence-corrected chi connectivity index (χ2v) is 7.37. The van der Waals surface area contributed by atoms with Crippen LogP contribution in [0.1, 0.15) is 5.69 Å². The van der Waals surface area contributed by atoms with Crippen LogP contribution in [0.3, 0.4) is 0 Å². The van der Waals surface area contributed by atoms with Crippen LogP contribution in [0.25, 0.3) is 10.9 Å². The zero-order valence-electron chi connectivity index (χ0n) is 16.5. The minimum absolute atomic E-state index is 0.262. The molecule has 3 aromatic rings. The highest BCUT2D eigenvalue weighted by Gasteiger charge is 2.19. The van der Waals surface area contributed by atoms with Crippen molar-refractivity contribution in [2.45, 2.75) is 19.5 Å². The van der Waals surface area contributed by atoms with E-state index in [4.69, 9.17) is 0 Å². The largest absolute Gasteiger partial charge is 0.369 e. The molecule has 0 radical (unpaired) electrons. The first-order valence-corrected chi connectivity index (χ1v) is 9.68. The second kappa shape index (κ2) is 8.31. The Balaban J connectivity index is 1.44. The van der Waals surface area contributed by atoms with Crippen molar-refractivity contribution in [3.63, 3.8) is 0 Å². The van der Waals surface area contributed by atoms with E-state index in [1.807, 2.05) is 18.2 Å². The quantitative estimate of drug-likeness (QED) is 0.620. The van der Waals surface area contributed by atoms with Crippen LogP contribution in [0.5, 0.6) is 0 Å². The van der Waals surface area contributed by atoms with Gasteiger partial charge in [0.2, 0.25) is 0 Å². The number of halogens is 2. The van der Waals surface area contributed by atoms with E-state index in [0.717, 1.165) is 42.1 Å². The van der Waals surface area contributed by atoms with Gasteiger partial charge in [-0.1, -0.05) is 0 Å². The van der Waals surface area contributed by atoms with E-state index in [2.05, 4.69) is 19.8 Å². The topological polar surface area (TPSA) is 76.3 Å². The zero-order chi connectivity index (χ0) is 21.3. The molecule has 0 N–H and O–H groups in total. The average molecular weight is 416 g/mol. The van der Waals surface area contributed by atoms with Gasteiger partial charge in [0, 0.05) is 51.7 Å². The number of aromatic nitrogens is 4. The third kappa shape index (κ3) is 4.23. The molecule has 8 nitrogen and oxygen atoms in total. The molecule has 0 aliphatic carbocycles. The number of hydrogen-bond donors (Lipinski definition) is 0. The fourth-order valence-electron chi connectivity index (χ4n) is 3.60. The lowest BCUT2D eigenvalue weighted by Crippen LogP contribution is -2.46. The molecule has 0 spiro atoms. The van der Waals surface area contributed by atoms with Gasteiger partial charge in [0.15, 0.2) is 0 Å². The standard InChI is InChI=1S/C20H22F2N6O2/c1-25-5-4-14(24-20(25)30)11-26-6-8-27(9-7-26)15-2-3-16-17(10-15)23-13-28(19(16)29)12-18(21)22/h2-5,10,13,18H,6-9,11-12H2,1H3. The number of benzene rings is 1. The summed E-state index contributed by atoms with van der Waals surface area (Å²) in [5.74, 6) is 0. The Morgan fingerprint density at radius 2 is 1.87 bits per heavy atom. The smallest absolute Gasteiger partial charge is 0.347 e. The molecule has 0 saturated carbocycles. The molecule has 0 atom stereocenters. The summed E-state index contributed by atoms with van der Waals surface area (Å²) in [6, 6.07) is 7.15. The van der Waals surface area contributed by atoms with Crippen LogP contribution < -0.4 is 16.1 Å². The molecule has 1 fully saturated rings. The maximum absolute atomic E-state index is 12.6. The van der Waals surface area contributed by atoms with E-state index in [9.17, 15) is 18.4 Å². The molecule has 1 aromatic carbocycles. The number of alkyl halides is 2. The number of piperazine rings is 1. The lowest BCUT2D eigenvalue weighted by atomic mass is 10.2. The van der Waals surface area contributed by atoms with Crippen LogP contribution >= 0.6 is 0 Å². The maximum atomic E-state index is 12.6. The molecule has 10 heteroatoms. The van der Waals surface area contributed by atoms with Crippen molar-refractivity contribution in [1.82, 2.24) is 24.0 Å². The van der Waals surface area contributed by atoms with Gasteiger partial charge in [0.05, 0.1) is 29.5 Å². The molecule has 1 aliphatic heterocycles. The molecular weight excluding hydrogens is 394 g/mol. The van der Waals surface area contributed by atoms with Gasteiger partial charge in [-0.15, -0.1) is 0 Å². The highest BCUT2D eigenvalue weighted by molar-refractivity contribution is 5.81. The van der Waals surface area contributed by atoms with Crippen LogP contribution in [0, 0.1) is 0 Å². The number of aryl methyl sites for hydroxylation is 1. The summed E-state index contributed by atoms with van der Waals surface area (Å²) < 4.78 is 27.6. The number of anilines is 1. The van der Waals surface area contributed by atoms with E-state index >= 15 is 0 Å². The summed E-state index contributed by atoms with van der Waals surface area (Å²) in [7, 11) is 1.67. The van der Waals surface area contributed by atoms with Crippen molar-refractivity contribution in [3.05, 3.63) is 63.3 Å². The molecule has 0 amide bonds. The predicted molar refractivity (Wildman–Crippen MR) is 109 cm³/mol. The third-order valence-electron chi connectivity index (χ3n) is 5.30. The number of nitrogens with zero attached hydrogens (tertiary/aromatic N) is 6. The fourth-order valence-corrected chi connectivity index (χ4v) is 3.60. The monoisotopic (exact) mass is 416 g/mol. The van der Waals surface area contributed by atoms with Gasteiger partial charge >= 0.3 is 5.69 Å². The van der Waals surface area contributed by atoms with Crippen LogP contribution in [-0.2, 0) is 20.1 Å². The summed E-state index contributed by atoms with van der Waals surface area (Å²) in [4.78, 5) is 36.7. The van der Waals surface area contributed by atoms with Crippen molar-refractivity contribution in [2.24, 2.45) is 7.05 Å². The van der Waals surface area contributed by atoms with Crippen LogP contribution in [-0.4, -0.2) is 56.6 Å². The molecule has 30 heavy (non-hydrogen) atoms.